The summed E-state index contributed by atoms with van der Waals surface area (Å²) in [6.45, 7) is 16.0. The number of nitrogens with zero attached hydrogens (tertiary/aromatic N) is 2. The van der Waals surface area contributed by atoms with Crippen molar-refractivity contribution in [1.29, 1.82) is 0 Å². The molecule has 0 aliphatic heterocycles. The summed E-state index contributed by atoms with van der Waals surface area (Å²) in [5.41, 5.74) is 10.9. The first-order chi connectivity index (χ1) is 14.9. The van der Waals surface area contributed by atoms with Gasteiger partial charge in [-0.25, -0.2) is 4.68 Å². The van der Waals surface area contributed by atoms with Crippen LogP contribution in [-0.4, -0.2) is 41.2 Å². The summed E-state index contributed by atoms with van der Waals surface area (Å²) in [5.74, 6) is -0.308. The first kappa shape index (κ1) is 26.6. The van der Waals surface area contributed by atoms with Crippen molar-refractivity contribution in [3.8, 4) is 11.1 Å². The Balaban J connectivity index is 2.02. The lowest BCUT2D eigenvalue weighted by atomic mass is 10.0. The van der Waals surface area contributed by atoms with Gasteiger partial charge in [0.15, 0.2) is 0 Å². The highest BCUT2D eigenvalue weighted by atomic mass is 35.5. The Morgan fingerprint density at radius 1 is 1.25 bits per heavy atom. The van der Waals surface area contributed by atoms with Crippen LogP contribution in [0.25, 0.3) is 11.1 Å². The van der Waals surface area contributed by atoms with Crippen LogP contribution in [0.5, 0.6) is 0 Å². The van der Waals surface area contributed by atoms with E-state index in [-0.39, 0.29) is 12.3 Å². The minimum absolute atomic E-state index is 0.221. The van der Waals surface area contributed by atoms with Gasteiger partial charge < -0.3 is 15.8 Å². The normalized spacial score (nSPS) is 12.8. The van der Waals surface area contributed by atoms with Crippen LogP contribution in [0.4, 0.5) is 5.69 Å². The van der Waals surface area contributed by atoms with Crippen molar-refractivity contribution in [2.75, 3.05) is 11.9 Å². The zero-order valence-corrected chi connectivity index (χ0v) is 22.1. The quantitative estimate of drug-likeness (QED) is 0.186. The van der Waals surface area contributed by atoms with Crippen molar-refractivity contribution in [1.82, 2.24) is 9.78 Å². The Bertz CT molecular complexity index is 937. The molecule has 9 heteroatoms. The van der Waals surface area contributed by atoms with Crippen molar-refractivity contribution < 1.29 is 9.53 Å². The number of carbonyl (C=O) groups excluding carboxylic acids is 1. The SMILES string of the molecule is C=C(C[C@H](N)C(Cl)Cl)C(=O)Nc1ccc(-c2c(C)nn(COCC[Si](C)(C)C)c2C)cc1. The molecule has 176 valence electrons. The second-order valence-corrected chi connectivity index (χ2v) is 16.0. The van der Waals surface area contributed by atoms with Crippen LogP contribution in [-0.2, 0) is 16.3 Å². The van der Waals surface area contributed by atoms with Gasteiger partial charge in [0.1, 0.15) is 11.6 Å². The predicted octanol–water partition coefficient (Wildman–Crippen LogP) is 5.50. The van der Waals surface area contributed by atoms with Crippen LogP contribution in [0.15, 0.2) is 36.4 Å². The number of hydrogen-bond acceptors (Lipinski definition) is 4. The highest BCUT2D eigenvalue weighted by Crippen LogP contribution is 2.28. The molecule has 0 saturated carbocycles. The van der Waals surface area contributed by atoms with Gasteiger partial charge >= 0.3 is 0 Å². The third kappa shape index (κ3) is 7.74. The van der Waals surface area contributed by atoms with Crippen molar-refractivity contribution in [3.05, 3.63) is 47.8 Å². The number of rotatable bonds is 11. The van der Waals surface area contributed by atoms with Crippen LogP contribution < -0.4 is 11.1 Å². The number of alkyl halides is 2. The number of ether oxygens (including phenoxy) is 1. The van der Waals surface area contributed by atoms with Crippen LogP contribution in [0.1, 0.15) is 17.8 Å². The number of anilines is 1. The van der Waals surface area contributed by atoms with Gasteiger partial charge in [-0.15, -0.1) is 23.2 Å². The molecular weight excluding hydrogens is 463 g/mol. The molecule has 1 aromatic carbocycles. The molecule has 2 rings (SSSR count). The first-order valence-corrected chi connectivity index (χ1v) is 15.2. The molecule has 0 fully saturated rings. The molecule has 1 aromatic heterocycles. The molecule has 32 heavy (non-hydrogen) atoms. The molecule has 0 bridgehead atoms. The van der Waals surface area contributed by atoms with E-state index >= 15 is 0 Å². The first-order valence-electron chi connectivity index (χ1n) is 10.6. The van der Waals surface area contributed by atoms with Gasteiger partial charge in [0.2, 0.25) is 0 Å². The second-order valence-electron chi connectivity index (χ2n) is 9.23. The van der Waals surface area contributed by atoms with Crippen LogP contribution in [0, 0.1) is 13.8 Å². The topological polar surface area (TPSA) is 82.2 Å². The van der Waals surface area contributed by atoms with E-state index in [1.165, 1.54) is 0 Å². The monoisotopic (exact) mass is 496 g/mol. The molecule has 0 unspecified atom stereocenters. The zero-order valence-electron chi connectivity index (χ0n) is 19.5. The molecule has 0 spiro atoms. The zero-order chi connectivity index (χ0) is 24.1. The van der Waals surface area contributed by atoms with Gasteiger partial charge in [0.25, 0.3) is 5.91 Å². The number of aromatic nitrogens is 2. The van der Waals surface area contributed by atoms with Crippen LogP contribution >= 0.6 is 23.2 Å². The van der Waals surface area contributed by atoms with Crippen molar-refractivity contribution in [2.45, 2.75) is 63.6 Å². The predicted molar refractivity (Wildman–Crippen MR) is 137 cm³/mol. The Labute approximate surface area is 202 Å². The Hall–Kier alpha value is -1.64. The lowest BCUT2D eigenvalue weighted by molar-refractivity contribution is -0.113. The van der Waals surface area contributed by atoms with Crippen molar-refractivity contribution in [2.24, 2.45) is 5.73 Å². The van der Waals surface area contributed by atoms with E-state index in [9.17, 15) is 4.79 Å². The van der Waals surface area contributed by atoms with E-state index < -0.39 is 19.0 Å². The van der Waals surface area contributed by atoms with E-state index in [4.69, 9.17) is 33.7 Å². The van der Waals surface area contributed by atoms with Crippen LogP contribution in [0.3, 0.4) is 0 Å². The summed E-state index contributed by atoms with van der Waals surface area (Å²) in [7, 11) is -1.11. The molecule has 0 saturated heterocycles. The average Bonchev–Trinajstić information content (AvgIpc) is 2.98. The Morgan fingerprint density at radius 3 is 2.44 bits per heavy atom. The third-order valence-electron chi connectivity index (χ3n) is 5.15. The smallest absolute Gasteiger partial charge is 0.251 e. The highest BCUT2D eigenvalue weighted by Gasteiger charge is 2.18. The average molecular weight is 498 g/mol. The molecule has 1 amide bonds. The fourth-order valence-corrected chi connectivity index (χ4v) is 4.11. The molecule has 2 aromatic rings. The van der Waals surface area contributed by atoms with Crippen molar-refractivity contribution >= 4 is 42.9 Å². The molecule has 1 heterocycles. The molecular formula is C23H34Cl2N4O2Si. The van der Waals surface area contributed by atoms with Gasteiger partial charge in [-0.2, -0.15) is 5.10 Å². The lowest BCUT2D eigenvalue weighted by Gasteiger charge is -2.15. The molecule has 6 nitrogen and oxygen atoms in total. The van der Waals surface area contributed by atoms with Crippen molar-refractivity contribution in [3.63, 3.8) is 0 Å². The van der Waals surface area contributed by atoms with Gasteiger partial charge in [-0.3, -0.25) is 4.79 Å². The number of halogens is 2. The van der Waals surface area contributed by atoms with E-state index in [2.05, 4.69) is 36.6 Å². The number of amides is 1. The number of aryl methyl sites for hydroxylation is 1. The minimum atomic E-state index is -1.11. The number of nitrogens with two attached hydrogens (primary N) is 1. The summed E-state index contributed by atoms with van der Waals surface area (Å²) in [5, 5.41) is 7.47. The molecule has 0 aliphatic carbocycles. The standard InChI is InChI=1S/C23H34Cl2N4O2Si/c1-15(13-20(26)22(24)25)23(30)27-19-9-7-18(8-10-19)21-16(2)28-29(17(21)3)14-31-11-12-32(4,5)6/h7-10,20,22H,1,11-14,26H2,2-6H3,(H,27,30)/t20-/m0/s1. The maximum absolute atomic E-state index is 12.3. The van der Waals surface area contributed by atoms with E-state index in [0.29, 0.717) is 18.0 Å². The molecule has 0 radical (unpaired) electrons. The number of carbonyl (C=O) groups is 1. The summed E-state index contributed by atoms with van der Waals surface area (Å²) in [6, 6.07) is 8.22. The van der Waals surface area contributed by atoms with Gasteiger partial charge in [-0.1, -0.05) is 38.4 Å². The second kappa shape index (κ2) is 11.5. The van der Waals surface area contributed by atoms with E-state index in [1.54, 1.807) is 0 Å². The third-order valence-corrected chi connectivity index (χ3v) is 7.50. The molecule has 1 atom stereocenters. The van der Waals surface area contributed by atoms with Gasteiger partial charge in [0.05, 0.1) is 5.69 Å². The summed E-state index contributed by atoms with van der Waals surface area (Å²) >= 11 is 11.5. The van der Waals surface area contributed by atoms with Gasteiger partial charge in [-0.05, 0) is 44.0 Å². The highest BCUT2D eigenvalue weighted by molar-refractivity contribution is 6.76. The fourth-order valence-electron chi connectivity index (χ4n) is 3.18. The molecule has 3 N–H and O–H groups in total. The van der Waals surface area contributed by atoms with E-state index in [1.807, 2.05) is 42.8 Å². The van der Waals surface area contributed by atoms with Crippen LogP contribution in [0.2, 0.25) is 25.7 Å². The minimum Gasteiger partial charge on any atom is -0.360 e. The maximum atomic E-state index is 12.3. The largest absolute Gasteiger partial charge is 0.360 e. The summed E-state index contributed by atoms with van der Waals surface area (Å²) < 4.78 is 7.76. The Morgan fingerprint density at radius 2 is 1.88 bits per heavy atom. The summed E-state index contributed by atoms with van der Waals surface area (Å²) in [4.78, 5) is 11.6. The maximum Gasteiger partial charge on any atom is 0.251 e. The Kier molecular flexibility index (Phi) is 9.54. The fraction of sp³-hybridized carbons (Fsp3) is 0.478. The van der Waals surface area contributed by atoms with E-state index in [0.717, 1.165) is 35.2 Å². The molecule has 0 aliphatic rings. The lowest BCUT2D eigenvalue weighted by Crippen LogP contribution is -2.30. The number of benzene rings is 1. The number of hydrogen-bond donors (Lipinski definition) is 2. The number of nitrogens with one attached hydrogen (secondary N) is 1. The summed E-state index contributed by atoms with van der Waals surface area (Å²) in [6.07, 6.45) is 0.221. The van der Waals surface area contributed by atoms with Gasteiger partial charge in [0, 0.05) is 43.2 Å².